The van der Waals surface area contributed by atoms with Gasteiger partial charge in [-0.05, 0) is 117 Å². The maximum absolute atomic E-state index is 12.6. The van der Waals surface area contributed by atoms with Crippen LogP contribution in [0.2, 0.25) is 0 Å². The molecule has 6 aromatic carbocycles. The molecule has 0 radical (unpaired) electrons. The van der Waals surface area contributed by atoms with Crippen LogP contribution in [0.5, 0.6) is 5.75 Å². The number of aryl methyl sites for hydroxylation is 2. The van der Waals surface area contributed by atoms with Gasteiger partial charge in [-0.25, -0.2) is 4.98 Å². The Kier molecular flexibility index (Phi) is 12.1. The number of aromatic nitrogens is 3. The van der Waals surface area contributed by atoms with Gasteiger partial charge in [-0.3, -0.25) is 9.55 Å². The van der Waals surface area contributed by atoms with Crippen molar-refractivity contribution in [3.63, 3.8) is 0 Å². The second-order valence-electron chi connectivity index (χ2n) is 21.8. The van der Waals surface area contributed by atoms with E-state index in [1.807, 2.05) is 73.1 Å². The molecule has 8 rings (SSSR count). The largest absolute Gasteiger partial charge is 0.507 e. The number of hydrogen-bond donors (Lipinski definition) is 1. The van der Waals surface area contributed by atoms with Crippen molar-refractivity contribution < 1.29 is 31.7 Å². The van der Waals surface area contributed by atoms with Crippen LogP contribution in [-0.2, 0) is 37.3 Å². The molecule has 0 bridgehead atoms. The van der Waals surface area contributed by atoms with Crippen molar-refractivity contribution in [2.45, 2.75) is 132 Å². The van der Waals surface area contributed by atoms with Gasteiger partial charge in [0, 0.05) is 44.0 Å². The number of nitrogens with zero attached hydrogens (tertiary/aromatic N) is 3. The normalized spacial score (nSPS) is 13.5. The fraction of sp³-hybridized carbons (Fsp3) is 0.323. The summed E-state index contributed by atoms with van der Waals surface area (Å²) in [5, 5.41) is 12.6. The second-order valence-corrected chi connectivity index (χ2v) is 21.8. The molecule has 0 spiro atoms. The minimum absolute atomic E-state index is 0. The number of hydrogen-bond acceptors (Lipinski definition) is 3. The number of phenols is 1. The van der Waals surface area contributed by atoms with Gasteiger partial charge in [0.25, 0.3) is 0 Å². The Morgan fingerprint density at radius 1 is 0.657 bits per heavy atom. The van der Waals surface area contributed by atoms with Crippen LogP contribution in [0.3, 0.4) is 0 Å². The molecule has 0 aliphatic heterocycles. The van der Waals surface area contributed by atoms with Crippen molar-refractivity contribution in [3.8, 4) is 67.5 Å². The van der Waals surface area contributed by atoms with Crippen LogP contribution >= 0.6 is 0 Å². The maximum Gasteiger partial charge on any atom is 0.148 e. The molecule has 5 heteroatoms. The predicted octanol–water partition coefficient (Wildman–Crippen LogP) is 17.0. The van der Waals surface area contributed by atoms with Crippen LogP contribution < -0.4 is 0 Å². The van der Waals surface area contributed by atoms with Crippen LogP contribution in [-0.4, -0.2) is 19.6 Å². The molecule has 348 valence electrons. The third kappa shape index (κ3) is 9.75. The number of imidazole rings is 1. The summed E-state index contributed by atoms with van der Waals surface area (Å²) in [6.45, 7) is 26.9. The van der Waals surface area contributed by atoms with Gasteiger partial charge in [-0.1, -0.05) is 179 Å². The quantitative estimate of drug-likeness (QED) is 0.154. The van der Waals surface area contributed by atoms with E-state index in [2.05, 4.69) is 150 Å². The molecule has 2 aromatic heterocycles. The molecule has 0 aliphatic carbocycles. The summed E-state index contributed by atoms with van der Waals surface area (Å²) in [6, 6.07) is 42.6. The van der Waals surface area contributed by atoms with E-state index in [4.69, 9.17) is 9.97 Å². The van der Waals surface area contributed by atoms with Crippen LogP contribution in [0.1, 0.15) is 146 Å². The molecule has 2 heterocycles. The molecular formula is C62H68N3OPt-. The number of benzene rings is 6. The van der Waals surface area contributed by atoms with E-state index in [0.29, 0.717) is 28.1 Å². The minimum atomic E-state index is -2.57. The number of rotatable bonds is 8. The van der Waals surface area contributed by atoms with Gasteiger partial charge in [0.2, 0.25) is 0 Å². The van der Waals surface area contributed by atoms with E-state index in [0.717, 1.165) is 72.5 Å². The van der Waals surface area contributed by atoms with E-state index in [1.54, 1.807) is 6.07 Å². The van der Waals surface area contributed by atoms with Crippen LogP contribution in [0.15, 0.2) is 121 Å². The maximum atomic E-state index is 12.6. The molecule has 1 N–H and O–H groups in total. The summed E-state index contributed by atoms with van der Waals surface area (Å²) in [5.74, 6) is -0.315. The Labute approximate surface area is 420 Å². The van der Waals surface area contributed by atoms with E-state index in [1.165, 1.54) is 5.56 Å². The Morgan fingerprint density at radius 3 is 1.94 bits per heavy atom. The molecule has 0 aliphatic rings. The third-order valence-electron chi connectivity index (χ3n) is 12.9. The van der Waals surface area contributed by atoms with Crippen molar-refractivity contribution in [1.29, 1.82) is 0 Å². The first-order chi connectivity index (χ1) is 32.5. The molecule has 0 saturated heterocycles. The molecule has 67 heavy (non-hydrogen) atoms. The van der Waals surface area contributed by atoms with Gasteiger partial charge in [-0.2, -0.15) is 0 Å². The number of phenolic OH excluding ortho intramolecular Hbond substituents is 1. The molecular weight excluding hydrogens is 998 g/mol. The summed E-state index contributed by atoms with van der Waals surface area (Å²) in [4.78, 5) is 10.4. The van der Waals surface area contributed by atoms with Crippen molar-refractivity contribution >= 4 is 11.0 Å². The summed E-state index contributed by atoms with van der Waals surface area (Å²) >= 11 is 0. The van der Waals surface area contributed by atoms with Crippen molar-refractivity contribution in [2.75, 3.05) is 0 Å². The van der Waals surface area contributed by atoms with E-state index in [9.17, 15) is 10.6 Å². The summed E-state index contributed by atoms with van der Waals surface area (Å²) in [5.41, 5.74) is 14.4. The van der Waals surface area contributed by atoms with Gasteiger partial charge in [-0.15, -0.1) is 29.3 Å². The molecule has 0 saturated carbocycles. The Balaban J connectivity index is 0.00000741. The van der Waals surface area contributed by atoms with E-state index in [-0.39, 0.29) is 49.1 Å². The van der Waals surface area contributed by atoms with Gasteiger partial charge < -0.3 is 5.11 Å². The smallest absolute Gasteiger partial charge is 0.148 e. The molecule has 0 fully saturated rings. The summed E-state index contributed by atoms with van der Waals surface area (Å²) in [6.07, 6.45) is 1.85. The van der Waals surface area contributed by atoms with Gasteiger partial charge in [0.05, 0.1) is 22.3 Å². The average Bonchev–Trinajstić information content (AvgIpc) is 3.66. The topological polar surface area (TPSA) is 50.9 Å². The Bertz CT molecular complexity index is 3280. The standard InChI is InChI=1S/C62H68N3O.Pt/c1-37(2)48-18-16-19-49(38(3)4)56(48)43-26-27-54(40(6)30-43)65-55-21-17-20-50(57(55)64-59(65)51-35-47(61(10,11)12)36-52(58(51)66)62(13,14)15)44-31-45(33-46(32-44)60(7,8)9)53-34-42(28-29-63-53)41-24-22-39(5)23-25-41;/h16-30,32-38,66H,1-15H3;/q-1;/i6D3,37D;. The first-order valence-corrected chi connectivity index (χ1v) is 23.3. The molecule has 0 atom stereocenters. The first kappa shape index (κ1) is 44.0. The number of fused-ring (bicyclic) bond motifs is 1. The fourth-order valence-electron chi connectivity index (χ4n) is 9.02. The molecule has 0 amide bonds. The molecule has 8 aromatic rings. The minimum Gasteiger partial charge on any atom is -0.507 e. The first-order valence-electron chi connectivity index (χ1n) is 25.3. The SMILES string of the molecule is [2H]C([2H])([2H])c1cc(-c2c(C(C)C)cccc2C([2H])(C)C)ccc1-n1c(-c2cc(C(C)(C)C)cc(C(C)(C)C)c2O)nc2c(-c3[c-]c(-c4cc(-c5ccc(C)cc5)ccn4)cc(C(C)(C)C)c3)cccc21.[Pt]. The number of aromatic hydroxyl groups is 1. The third-order valence-corrected chi connectivity index (χ3v) is 12.9. The van der Waals surface area contributed by atoms with Gasteiger partial charge in [0.15, 0.2) is 0 Å². The van der Waals surface area contributed by atoms with Crippen molar-refractivity contribution in [1.82, 2.24) is 14.5 Å². The van der Waals surface area contributed by atoms with Gasteiger partial charge >= 0.3 is 0 Å². The predicted molar refractivity (Wildman–Crippen MR) is 280 cm³/mol. The Hall–Kier alpha value is -5.57. The average molecular weight is 1070 g/mol. The fourth-order valence-corrected chi connectivity index (χ4v) is 9.02. The molecule has 0 unspecified atom stereocenters. The zero-order valence-electron chi connectivity index (χ0n) is 45.7. The van der Waals surface area contributed by atoms with E-state index >= 15 is 0 Å². The summed E-state index contributed by atoms with van der Waals surface area (Å²) in [7, 11) is 0. The monoisotopic (exact) mass is 1070 g/mol. The number of para-hydroxylation sites is 1. The summed E-state index contributed by atoms with van der Waals surface area (Å²) < 4.78 is 38.7. The zero-order valence-corrected chi connectivity index (χ0v) is 44.0. The van der Waals surface area contributed by atoms with Crippen LogP contribution in [0.25, 0.3) is 72.7 Å². The molecule has 4 nitrogen and oxygen atoms in total. The van der Waals surface area contributed by atoms with E-state index < -0.39 is 18.2 Å². The van der Waals surface area contributed by atoms with Crippen LogP contribution in [0, 0.1) is 19.8 Å². The van der Waals surface area contributed by atoms with Crippen molar-refractivity contribution in [3.05, 3.63) is 166 Å². The second kappa shape index (κ2) is 18.5. The number of pyridine rings is 1. The zero-order chi connectivity index (χ0) is 51.0. The van der Waals surface area contributed by atoms with Crippen LogP contribution in [0.4, 0.5) is 0 Å². The van der Waals surface area contributed by atoms with Crippen molar-refractivity contribution in [2.24, 2.45) is 0 Å². The Morgan fingerprint density at radius 2 is 1.30 bits per heavy atom. The van der Waals surface area contributed by atoms with Gasteiger partial charge in [0.1, 0.15) is 11.6 Å².